The van der Waals surface area contributed by atoms with Gasteiger partial charge in [0.25, 0.3) is 0 Å². The molecular weight excluding hydrogens is 268 g/mol. The minimum atomic E-state index is -3.06. The van der Waals surface area contributed by atoms with Crippen molar-refractivity contribution >= 4 is 21.7 Å². The topological polar surface area (TPSA) is 97.5 Å². The summed E-state index contributed by atoms with van der Waals surface area (Å²) in [5.41, 5.74) is 5.21. The highest BCUT2D eigenvalue weighted by Gasteiger charge is 2.38. The lowest BCUT2D eigenvalue weighted by Gasteiger charge is -2.36. The predicted molar refractivity (Wildman–Crippen MR) is 69.9 cm³/mol. The summed E-state index contributed by atoms with van der Waals surface area (Å²) in [6, 6.07) is -0.151. The maximum absolute atomic E-state index is 12.4. The van der Waals surface area contributed by atoms with E-state index in [0.717, 1.165) is 19.3 Å². The Morgan fingerprint density at radius 2 is 1.95 bits per heavy atom. The summed E-state index contributed by atoms with van der Waals surface area (Å²) in [7, 11) is -3.06. The molecule has 2 atom stereocenters. The summed E-state index contributed by atoms with van der Waals surface area (Å²) >= 11 is 0. The van der Waals surface area contributed by atoms with E-state index < -0.39 is 21.7 Å². The van der Waals surface area contributed by atoms with Gasteiger partial charge in [-0.2, -0.15) is 0 Å². The standard InChI is InChI=1S/C12H20N2O4S/c13-11(15)7-10-3-1-2-5-14(10)12(16)9-4-6-19(17,18)8-9/h9-10H,1-8H2,(H2,13,15)/t9-,10+/m1/s1. The Morgan fingerprint density at radius 3 is 2.53 bits per heavy atom. The number of piperidine rings is 1. The fraction of sp³-hybridized carbons (Fsp3) is 0.833. The molecule has 108 valence electrons. The molecule has 0 aromatic carbocycles. The maximum atomic E-state index is 12.4. The fourth-order valence-electron chi connectivity index (χ4n) is 2.96. The molecular formula is C12H20N2O4S. The second-order valence-corrected chi connectivity index (χ2v) is 7.68. The number of likely N-dealkylation sites (tertiary alicyclic amines) is 1. The number of hydrogen-bond donors (Lipinski definition) is 1. The lowest BCUT2D eigenvalue weighted by molar-refractivity contribution is -0.139. The summed E-state index contributed by atoms with van der Waals surface area (Å²) < 4.78 is 22.9. The highest BCUT2D eigenvalue weighted by molar-refractivity contribution is 7.91. The zero-order valence-corrected chi connectivity index (χ0v) is 11.7. The van der Waals surface area contributed by atoms with Crippen LogP contribution in [0.2, 0.25) is 0 Å². The predicted octanol–water partition coefficient (Wildman–Crippen LogP) is -0.322. The van der Waals surface area contributed by atoms with Crippen molar-refractivity contribution in [1.82, 2.24) is 4.90 Å². The number of carbonyl (C=O) groups is 2. The summed E-state index contributed by atoms with van der Waals surface area (Å²) in [6.45, 7) is 0.604. The monoisotopic (exact) mass is 288 g/mol. The van der Waals surface area contributed by atoms with Crippen molar-refractivity contribution in [2.45, 2.75) is 38.1 Å². The quantitative estimate of drug-likeness (QED) is 0.769. The first-order chi connectivity index (χ1) is 8.89. The van der Waals surface area contributed by atoms with Crippen LogP contribution in [0.1, 0.15) is 32.1 Å². The van der Waals surface area contributed by atoms with Crippen molar-refractivity contribution in [2.24, 2.45) is 11.7 Å². The maximum Gasteiger partial charge on any atom is 0.227 e. The molecule has 2 aliphatic rings. The van der Waals surface area contributed by atoms with Crippen molar-refractivity contribution < 1.29 is 18.0 Å². The van der Waals surface area contributed by atoms with Gasteiger partial charge in [0.15, 0.2) is 9.84 Å². The van der Waals surface area contributed by atoms with Crippen LogP contribution < -0.4 is 5.73 Å². The van der Waals surface area contributed by atoms with Gasteiger partial charge in [-0.3, -0.25) is 9.59 Å². The van der Waals surface area contributed by atoms with Crippen LogP contribution in [0.25, 0.3) is 0 Å². The Kier molecular flexibility index (Phi) is 4.13. The summed E-state index contributed by atoms with van der Waals surface area (Å²) in [4.78, 5) is 25.1. The third-order valence-corrected chi connectivity index (χ3v) is 5.70. The van der Waals surface area contributed by atoms with Gasteiger partial charge in [-0.15, -0.1) is 0 Å². The van der Waals surface area contributed by atoms with E-state index in [1.807, 2.05) is 0 Å². The molecule has 0 aliphatic carbocycles. The number of rotatable bonds is 3. The molecule has 2 heterocycles. The van der Waals surface area contributed by atoms with E-state index in [9.17, 15) is 18.0 Å². The summed E-state index contributed by atoms with van der Waals surface area (Å²) in [5.74, 6) is -0.919. The molecule has 0 bridgehead atoms. The van der Waals surface area contributed by atoms with E-state index in [4.69, 9.17) is 5.73 Å². The largest absolute Gasteiger partial charge is 0.370 e. The first kappa shape index (κ1) is 14.3. The van der Waals surface area contributed by atoms with Gasteiger partial charge >= 0.3 is 0 Å². The van der Waals surface area contributed by atoms with Gasteiger partial charge in [0, 0.05) is 19.0 Å². The van der Waals surface area contributed by atoms with Crippen LogP contribution in [-0.2, 0) is 19.4 Å². The minimum Gasteiger partial charge on any atom is -0.370 e. The number of nitrogens with zero attached hydrogens (tertiary/aromatic N) is 1. The molecule has 2 rings (SSSR count). The van der Waals surface area contributed by atoms with Gasteiger partial charge in [0.2, 0.25) is 11.8 Å². The Hall–Kier alpha value is -1.11. The molecule has 6 nitrogen and oxygen atoms in total. The van der Waals surface area contributed by atoms with Gasteiger partial charge in [-0.25, -0.2) is 8.42 Å². The lowest BCUT2D eigenvalue weighted by Crippen LogP contribution is -2.48. The minimum absolute atomic E-state index is 0.0500. The molecule has 2 amide bonds. The number of carbonyl (C=O) groups excluding carboxylic acids is 2. The fourth-order valence-corrected chi connectivity index (χ4v) is 4.69. The second-order valence-electron chi connectivity index (χ2n) is 5.45. The Bertz CT molecular complexity index is 474. The van der Waals surface area contributed by atoms with E-state index in [2.05, 4.69) is 0 Å². The van der Waals surface area contributed by atoms with Gasteiger partial charge < -0.3 is 10.6 Å². The van der Waals surface area contributed by atoms with E-state index in [1.165, 1.54) is 0 Å². The molecule has 2 N–H and O–H groups in total. The van der Waals surface area contributed by atoms with E-state index in [1.54, 1.807) is 4.90 Å². The van der Waals surface area contributed by atoms with Gasteiger partial charge in [0.1, 0.15) is 0 Å². The molecule has 2 fully saturated rings. The lowest BCUT2D eigenvalue weighted by atomic mass is 9.96. The number of hydrogen-bond acceptors (Lipinski definition) is 4. The molecule has 2 aliphatic heterocycles. The van der Waals surface area contributed by atoms with Crippen LogP contribution in [0, 0.1) is 5.92 Å². The molecule has 0 radical (unpaired) electrons. The molecule has 7 heteroatoms. The van der Waals surface area contributed by atoms with Crippen LogP contribution in [0.5, 0.6) is 0 Å². The third kappa shape index (κ3) is 3.46. The molecule has 0 saturated carbocycles. The molecule has 0 spiro atoms. The zero-order valence-electron chi connectivity index (χ0n) is 10.9. The SMILES string of the molecule is NC(=O)C[C@@H]1CCCCN1C(=O)[C@@H]1CCS(=O)(=O)C1. The molecule has 19 heavy (non-hydrogen) atoms. The van der Waals surface area contributed by atoms with Crippen molar-refractivity contribution in [3.63, 3.8) is 0 Å². The second kappa shape index (κ2) is 5.48. The smallest absolute Gasteiger partial charge is 0.227 e. The normalized spacial score (nSPS) is 30.2. The molecule has 2 saturated heterocycles. The van der Waals surface area contributed by atoms with E-state index >= 15 is 0 Å². The Morgan fingerprint density at radius 1 is 1.21 bits per heavy atom. The van der Waals surface area contributed by atoms with Crippen molar-refractivity contribution in [3.8, 4) is 0 Å². The van der Waals surface area contributed by atoms with Crippen LogP contribution in [0.3, 0.4) is 0 Å². The van der Waals surface area contributed by atoms with E-state index in [0.29, 0.717) is 13.0 Å². The first-order valence-electron chi connectivity index (χ1n) is 6.68. The molecule has 0 aromatic rings. The van der Waals surface area contributed by atoms with Crippen LogP contribution in [0.15, 0.2) is 0 Å². The first-order valence-corrected chi connectivity index (χ1v) is 8.50. The van der Waals surface area contributed by atoms with E-state index in [-0.39, 0.29) is 29.9 Å². The van der Waals surface area contributed by atoms with Crippen LogP contribution in [-0.4, -0.2) is 49.2 Å². The average Bonchev–Trinajstić information content (AvgIpc) is 2.69. The van der Waals surface area contributed by atoms with Crippen LogP contribution in [0.4, 0.5) is 0 Å². The summed E-state index contributed by atoms with van der Waals surface area (Å²) in [6.07, 6.45) is 3.23. The number of primary amides is 1. The number of sulfone groups is 1. The van der Waals surface area contributed by atoms with Crippen molar-refractivity contribution in [1.29, 1.82) is 0 Å². The third-order valence-electron chi connectivity index (χ3n) is 3.93. The Labute approximate surface area is 113 Å². The van der Waals surface area contributed by atoms with Crippen molar-refractivity contribution in [2.75, 3.05) is 18.1 Å². The summed E-state index contributed by atoms with van der Waals surface area (Å²) in [5, 5.41) is 0. The van der Waals surface area contributed by atoms with Gasteiger partial charge in [0.05, 0.1) is 17.4 Å². The molecule has 0 unspecified atom stereocenters. The highest BCUT2D eigenvalue weighted by atomic mass is 32.2. The highest BCUT2D eigenvalue weighted by Crippen LogP contribution is 2.26. The zero-order chi connectivity index (χ0) is 14.0. The van der Waals surface area contributed by atoms with Crippen molar-refractivity contribution in [3.05, 3.63) is 0 Å². The van der Waals surface area contributed by atoms with Gasteiger partial charge in [-0.05, 0) is 25.7 Å². The Balaban J connectivity index is 2.05. The van der Waals surface area contributed by atoms with Crippen LogP contribution >= 0.6 is 0 Å². The van der Waals surface area contributed by atoms with Gasteiger partial charge in [-0.1, -0.05) is 0 Å². The molecule has 0 aromatic heterocycles. The number of amides is 2. The average molecular weight is 288 g/mol. The number of nitrogens with two attached hydrogens (primary N) is 1.